The third kappa shape index (κ3) is 5.67. The molecule has 3 rings (SSSR count). The summed E-state index contributed by atoms with van der Waals surface area (Å²) in [6.45, 7) is 1.70. The molecule has 1 aliphatic rings. The van der Waals surface area contributed by atoms with Crippen LogP contribution >= 0.6 is 24.0 Å². The van der Waals surface area contributed by atoms with Gasteiger partial charge in [0.25, 0.3) is 11.5 Å². The summed E-state index contributed by atoms with van der Waals surface area (Å²) >= 11 is 6.43. The van der Waals surface area contributed by atoms with Crippen LogP contribution in [0.1, 0.15) is 39.9 Å². The third-order valence-corrected chi connectivity index (χ3v) is 6.80. The molecule has 1 aromatic heterocycles. The summed E-state index contributed by atoms with van der Waals surface area (Å²) in [4.78, 5) is 40.0. The normalized spacial score (nSPS) is 14.6. The Hall–Kier alpha value is -3.33. The highest BCUT2D eigenvalue weighted by atomic mass is 32.2. The number of nitrogens with zero attached hydrogens (tertiary/aromatic N) is 3. The van der Waals surface area contributed by atoms with Crippen LogP contribution < -0.4 is 5.56 Å². The van der Waals surface area contributed by atoms with Crippen LogP contribution in [-0.4, -0.2) is 50.8 Å². The van der Waals surface area contributed by atoms with Gasteiger partial charge in [-0.1, -0.05) is 36.1 Å². The first kappa shape index (κ1) is 26.3. The van der Waals surface area contributed by atoms with E-state index >= 15 is 0 Å². The van der Waals surface area contributed by atoms with Crippen LogP contribution in [0, 0.1) is 24.1 Å². The highest BCUT2D eigenvalue weighted by Crippen LogP contribution is 2.33. The predicted molar refractivity (Wildman–Crippen MR) is 134 cm³/mol. The molecule has 0 radical (unpaired) electrons. The zero-order chi connectivity index (χ0) is 25.7. The molecule has 2 aromatic rings. The van der Waals surface area contributed by atoms with Gasteiger partial charge in [-0.25, -0.2) is 4.39 Å². The molecule has 11 heteroatoms. The second kappa shape index (κ2) is 11.4. The van der Waals surface area contributed by atoms with Crippen molar-refractivity contribution in [1.29, 1.82) is 5.26 Å². The van der Waals surface area contributed by atoms with Gasteiger partial charge in [0.15, 0.2) is 5.78 Å². The van der Waals surface area contributed by atoms with Crippen molar-refractivity contribution in [3.63, 3.8) is 0 Å². The Morgan fingerprint density at radius 3 is 2.60 bits per heavy atom. The van der Waals surface area contributed by atoms with Crippen molar-refractivity contribution in [3.05, 3.63) is 67.6 Å². The number of pyridine rings is 1. The molecular formula is C24H22FN3O5S2. The zero-order valence-corrected chi connectivity index (χ0v) is 20.7. The minimum atomic E-state index is -0.693. The van der Waals surface area contributed by atoms with Crippen molar-refractivity contribution >= 4 is 46.1 Å². The van der Waals surface area contributed by atoms with E-state index in [0.717, 1.165) is 16.3 Å². The summed E-state index contributed by atoms with van der Waals surface area (Å²) < 4.78 is 19.3. The lowest BCUT2D eigenvalue weighted by atomic mass is 9.99. The summed E-state index contributed by atoms with van der Waals surface area (Å²) in [6, 6.07) is 7.51. The van der Waals surface area contributed by atoms with E-state index < -0.39 is 17.2 Å². The van der Waals surface area contributed by atoms with Crippen LogP contribution in [0.4, 0.5) is 4.39 Å². The van der Waals surface area contributed by atoms with E-state index in [2.05, 4.69) is 0 Å². The van der Waals surface area contributed by atoms with Gasteiger partial charge in [-0.3, -0.25) is 23.9 Å². The lowest BCUT2D eigenvalue weighted by molar-refractivity contribution is -0.122. The number of rotatable bonds is 9. The van der Waals surface area contributed by atoms with E-state index in [1.165, 1.54) is 31.1 Å². The summed E-state index contributed by atoms with van der Waals surface area (Å²) in [5.41, 5.74) is -0.239. The summed E-state index contributed by atoms with van der Waals surface area (Å²) in [5, 5.41) is 20.0. The molecule has 0 saturated carbocycles. The van der Waals surface area contributed by atoms with Crippen molar-refractivity contribution in [2.45, 2.75) is 26.3 Å². The first-order chi connectivity index (χ1) is 16.7. The number of nitriles is 1. The van der Waals surface area contributed by atoms with E-state index in [0.29, 0.717) is 14.8 Å². The third-order valence-electron chi connectivity index (χ3n) is 5.42. The minimum absolute atomic E-state index is 0.0205. The maximum Gasteiger partial charge on any atom is 0.271 e. The predicted octanol–water partition coefficient (Wildman–Crippen LogP) is 3.38. The molecule has 1 amide bonds. The first-order valence-electron chi connectivity index (χ1n) is 10.6. The van der Waals surface area contributed by atoms with Gasteiger partial charge >= 0.3 is 0 Å². The fourth-order valence-electron chi connectivity index (χ4n) is 3.60. The number of Topliss-reactive ketones (excluding diaryl/α,β-unsaturated/α-hetero) is 1. The van der Waals surface area contributed by atoms with Gasteiger partial charge in [-0.2, -0.15) is 5.26 Å². The number of carbonyl (C=O) groups excluding carboxylic acids is 2. The summed E-state index contributed by atoms with van der Waals surface area (Å²) in [6.07, 6.45) is 1.82. The molecule has 1 fully saturated rings. The van der Waals surface area contributed by atoms with E-state index in [1.807, 2.05) is 0 Å². The van der Waals surface area contributed by atoms with Crippen LogP contribution in [0.3, 0.4) is 0 Å². The summed E-state index contributed by atoms with van der Waals surface area (Å²) in [5.74, 6) is -1.66. The number of ketones is 1. The number of aromatic hydroxyl groups is 1. The van der Waals surface area contributed by atoms with E-state index in [1.54, 1.807) is 24.3 Å². The number of carbonyl (C=O) groups is 2. The molecule has 0 spiro atoms. The van der Waals surface area contributed by atoms with Crippen molar-refractivity contribution < 1.29 is 23.8 Å². The van der Waals surface area contributed by atoms with E-state index in [4.69, 9.17) is 17.0 Å². The van der Waals surface area contributed by atoms with Crippen LogP contribution in [0.5, 0.6) is 5.88 Å². The fourth-order valence-corrected chi connectivity index (χ4v) is 4.91. The monoisotopic (exact) mass is 515 g/mol. The molecule has 0 aliphatic carbocycles. The smallest absolute Gasteiger partial charge is 0.271 e. The van der Waals surface area contributed by atoms with Gasteiger partial charge in [0, 0.05) is 20.1 Å². The number of methoxy groups -OCH3 is 1. The fraction of sp³-hybridized carbons (Fsp3) is 0.292. The lowest BCUT2D eigenvalue weighted by Crippen LogP contribution is -2.30. The maximum absolute atomic E-state index is 13.1. The minimum Gasteiger partial charge on any atom is -0.494 e. The average molecular weight is 516 g/mol. The molecule has 1 N–H and O–H groups in total. The Morgan fingerprint density at radius 1 is 1.29 bits per heavy atom. The van der Waals surface area contributed by atoms with E-state index in [-0.39, 0.29) is 61.0 Å². The Kier molecular flexibility index (Phi) is 8.56. The largest absolute Gasteiger partial charge is 0.494 e. The topological polar surface area (TPSA) is 113 Å². The first-order valence-corrected chi connectivity index (χ1v) is 11.8. The molecule has 182 valence electrons. The number of hydrogen-bond acceptors (Lipinski definition) is 8. The van der Waals surface area contributed by atoms with Gasteiger partial charge < -0.3 is 9.84 Å². The Balaban J connectivity index is 1.73. The van der Waals surface area contributed by atoms with Crippen molar-refractivity contribution in [2.24, 2.45) is 0 Å². The van der Waals surface area contributed by atoms with Gasteiger partial charge in [0.2, 0.25) is 5.88 Å². The molecule has 0 atom stereocenters. The molecule has 2 heterocycles. The van der Waals surface area contributed by atoms with Gasteiger partial charge in [0.1, 0.15) is 21.8 Å². The molecule has 1 aliphatic heterocycles. The number of amides is 1. The van der Waals surface area contributed by atoms with Crippen LogP contribution in [0.25, 0.3) is 6.08 Å². The zero-order valence-electron chi connectivity index (χ0n) is 19.0. The van der Waals surface area contributed by atoms with Crippen molar-refractivity contribution in [3.8, 4) is 11.9 Å². The highest BCUT2D eigenvalue weighted by molar-refractivity contribution is 8.26. The number of benzene rings is 1. The van der Waals surface area contributed by atoms with Gasteiger partial charge in [0.05, 0.1) is 23.6 Å². The number of thiocarbonyl (C=S) groups is 1. The standard InChI is InChI=1S/C24H22FN3O5S2/c1-14-17(13-26)21(30)27(10-11-33-2)23(32)20(14)18(29)4-3-9-28-22(31)19(35-24(28)34)12-15-5-7-16(25)8-6-15/h5-8,12,32H,3-4,9-11H2,1-2H3/b19-12-. The maximum atomic E-state index is 13.1. The molecule has 8 nitrogen and oxygen atoms in total. The van der Waals surface area contributed by atoms with Crippen molar-refractivity contribution in [2.75, 3.05) is 20.3 Å². The number of halogens is 1. The summed E-state index contributed by atoms with van der Waals surface area (Å²) in [7, 11) is 1.43. The molecule has 0 bridgehead atoms. The van der Waals surface area contributed by atoms with E-state index in [9.17, 15) is 29.1 Å². The lowest BCUT2D eigenvalue weighted by Gasteiger charge is -2.16. The van der Waals surface area contributed by atoms with Gasteiger partial charge in [-0.15, -0.1) is 0 Å². The van der Waals surface area contributed by atoms with Crippen LogP contribution in [0.15, 0.2) is 34.0 Å². The Morgan fingerprint density at radius 2 is 1.97 bits per heavy atom. The van der Waals surface area contributed by atoms with Crippen LogP contribution in [0.2, 0.25) is 0 Å². The Bertz CT molecular complexity index is 1310. The second-order valence-electron chi connectivity index (χ2n) is 7.67. The number of ether oxygens (including phenoxy) is 1. The molecule has 1 saturated heterocycles. The number of aromatic nitrogens is 1. The van der Waals surface area contributed by atoms with Crippen LogP contribution in [-0.2, 0) is 16.1 Å². The quantitative estimate of drug-likeness (QED) is 0.307. The Labute approximate surface area is 210 Å². The number of hydrogen-bond donors (Lipinski definition) is 1. The van der Waals surface area contributed by atoms with Crippen molar-refractivity contribution in [1.82, 2.24) is 9.47 Å². The molecular weight excluding hydrogens is 493 g/mol. The van der Waals surface area contributed by atoms with Gasteiger partial charge in [-0.05, 0) is 42.7 Å². The highest BCUT2D eigenvalue weighted by Gasteiger charge is 2.32. The SMILES string of the molecule is COCCn1c(O)c(C(=O)CCCN2C(=O)/C(=C/c3ccc(F)cc3)SC2=S)c(C)c(C#N)c1=O. The molecule has 0 unspecified atom stereocenters. The number of thioether (sulfide) groups is 1. The molecule has 1 aromatic carbocycles. The average Bonchev–Trinajstić information content (AvgIpc) is 3.08. The second-order valence-corrected chi connectivity index (χ2v) is 9.35. The molecule has 35 heavy (non-hydrogen) atoms.